The van der Waals surface area contributed by atoms with Crippen molar-refractivity contribution in [2.75, 3.05) is 13.7 Å². The van der Waals surface area contributed by atoms with Crippen molar-refractivity contribution in [1.82, 2.24) is 14.0 Å². The average molecular weight is 344 g/mol. The van der Waals surface area contributed by atoms with E-state index >= 15 is 0 Å². The molecule has 124 valence electrons. The summed E-state index contributed by atoms with van der Waals surface area (Å²) >= 11 is 0. The number of hydrogen-bond acceptors (Lipinski definition) is 3. The molecule has 4 rings (SSSR count). The van der Waals surface area contributed by atoms with Gasteiger partial charge in [-0.2, -0.15) is 0 Å². The minimum Gasteiger partial charge on any atom is -0.497 e. The van der Waals surface area contributed by atoms with Crippen LogP contribution in [0.3, 0.4) is 0 Å². The molecular weight excluding hydrogens is 326 g/mol. The molecule has 0 saturated heterocycles. The normalized spacial score (nSPS) is 10.9. The van der Waals surface area contributed by atoms with Crippen molar-refractivity contribution in [3.63, 3.8) is 0 Å². The number of aliphatic hydroxyl groups is 1. The van der Waals surface area contributed by atoms with Gasteiger partial charge >= 0.3 is 0 Å². The number of para-hydroxylation sites is 2. The number of hydrogen-bond donors (Lipinski definition) is 1. The Labute approximate surface area is 145 Å². The molecule has 4 aromatic rings. The molecule has 0 bridgehead atoms. The van der Waals surface area contributed by atoms with Gasteiger partial charge in [0.05, 0.1) is 30.4 Å². The van der Waals surface area contributed by atoms with E-state index < -0.39 is 0 Å². The molecular formula is C18H18ClN3O2. The lowest BCUT2D eigenvalue weighted by molar-refractivity contribution is 0.278. The first-order valence-corrected chi connectivity index (χ1v) is 7.53. The summed E-state index contributed by atoms with van der Waals surface area (Å²) in [6.45, 7) is 0.567. The van der Waals surface area contributed by atoms with Gasteiger partial charge in [0, 0.05) is 18.3 Å². The lowest BCUT2D eigenvalue weighted by Gasteiger charge is -2.07. The average Bonchev–Trinajstić information content (AvgIpc) is 3.12. The summed E-state index contributed by atoms with van der Waals surface area (Å²) < 4.78 is 9.34. The molecule has 0 saturated carbocycles. The number of methoxy groups -OCH3 is 1. The topological polar surface area (TPSA) is 51.7 Å². The molecule has 0 fully saturated rings. The highest BCUT2D eigenvalue weighted by atomic mass is 35.5. The molecule has 5 nitrogen and oxygen atoms in total. The van der Waals surface area contributed by atoms with Crippen LogP contribution < -0.4 is 4.74 Å². The predicted molar refractivity (Wildman–Crippen MR) is 97.0 cm³/mol. The van der Waals surface area contributed by atoms with Gasteiger partial charge in [-0.15, -0.1) is 12.4 Å². The van der Waals surface area contributed by atoms with Gasteiger partial charge in [0.25, 0.3) is 0 Å². The van der Waals surface area contributed by atoms with E-state index in [1.807, 2.05) is 47.0 Å². The third-order valence-corrected chi connectivity index (χ3v) is 4.07. The van der Waals surface area contributed by atoms with E-state index in [2.05, 4.69) is 16.7 Å². The fourth-order valence-corrected chi connectivity index (χ4v) is 2.96. The fraction of sp³-hybridized carbons (Fsp3) is 0.167. The maximum atomic E-state index is 9.45. The SMILES string of the molecule is COc1ccc(-c2cn3c4ccccc4nc3n2CCO)cc1.Cl. The van der Waals surface area contributed by atoms with Crippen LogP contribution in [-0.2, 0) is 6.54 Å². The van der Waals surface area contributed by atoms with E-state index in [1.54, 1.807) is 7.11 Å². The number of rotatable bonds is 4. The molecule has 2 heterocycles. The minimum absolute atomic E-state index is 0. The van der Waals surface area contributed by atoms with Crippen LogP contribution in [0.15, 0.2) is 54.7 Å². The highest BCUT2D eigenvalue weighted by molar-refractivity contribution is 5.85. The number of imidazole rings is 2. The standard InChI is InChI=1S/C18H17N3O2.ClH/c1-23-14-8-6-13(7-9-14)17-12-21-16-5-3-2-4-15(16)19-18(21)20(17)10-11-22;/h2-9,12,22H,10-11H2,1H3;1H. The Morgan fingerprint density at radius 1 is 1.08 bits per heavy atom. The smallest absolute Gasteiger partial charge is 0.215 e. The molecule has 0 aliphatic heterocycles. The van der Waals surface area contributed by atoms with Crippen LogP contribution in [0.4, 0.5) is 0 Å². The molecule has 0 aliphatic rings. The van der Waals surface area contributed by atoms with E-state index in [0.29, 0.717) is 6.54 Å². The van der Waals surface area contributed by atoms with Gasteiger partial charge in [-0.1, -0.05) is 12.1 Å². The van der Waals surface area contributed by atoms with Crippen molar-refractivity contribution in [2.24, 2.45) is 0 Å². The third kappa shape index (κ3) is 2.52. The molecule has 24 heavy (non-hydrogen) atoms. The molecule has 0 unspecified atom stereocenters. The number of nitrogens with zero attached hydrogens (tertiary/aromatic N) is 3. The molecule has 0 amide bonds. The lowest BCUT2D eigenvalue weighted by atomic mass is 10.1. The molecule has 0 spiro atoms. The number of fused-ring (bicyclic) bond motifs is 3. The zero-order chi connectivity index (χ0) is 15.8. The molecule has 0 atom stereocenters. The van der Waals surface area contributed by atoms with Crippen LogP contribution in [0, 0.1) is 0 Å². The number of aliphatic hydroxyl groups excluding tert-OH is 1. The summed E-state index contributed by atoms with van der Waals surface area (Å²) in [6, 6.07) is 15.9. The second-order valence-electron chi connectivity index (χ2n) is 5.39. The van der Waals surface area contributed by atoms with Crippen molar-refractivity contribution < 1.29 is 9.84 Å². The van der Waals surface area contributed by atoms with Gasteiger partial charge in [0.2, 0.25) is 5.78 Å². The van der Waals surface area contributed by atoms with Crippen molar-refractivity contribution >= 4 is 29.2 Å². The van der Waals surface area contributed by atoms with Gasteiger partial charge < -0.3 is 14.4 Å². The quantitative estimate of drug-likeness (QED) is 0.618. The van der Waals surface area contributed by atoms with Crippen LogP contribution in [0.5, 0.6) is 5.75 Å². The van der Waals surface area contributed by atoms with E-state index in [-0.39, 0.29) is 19.0 Å². The van der Waals surface area contributed by atoms with Crippen LogP contribution in [-0.4, -0.2) is 32.8 Å². The maximum absolute atomic E-state index is 9.45. The molecule has 6 heteroatoms. The first-order chi connectivity index (χ1) is 11.3. The molecule has 1 N–H and O–H groups in total. The van der Waals surface area contributed by atoms with Crippen LogP contribution in [0.2, 0.25) is 0 Å². The van der Waals surface area contributed by atoms with E-state index in [4.69, 9.17) is 9.72 Å². The predicted octanol–water partition coefficient (Wildman–Crippen LogP) is 3.38. The zero-order valence-electron chi connectivity index (χ0n) is 13.2. The Bertz CT molecular complexity index is 973. The molecule has 2 aromatic heterocycles. The maximum Gasteiger partial charge on any atom is 0.215 e. The van der Waals surface area contributed by atoms with E-state index in [9.17, 15) is 5.11 Å². The number of benzene rings is 2. The molecule has 0 aliphatic carbocycles. The summed E-state index contributed by atoms with van der Waals surface area (Å²) in [7, 11) is 1.66. The zero-order valence-corrected chi connectivity index (χ0v) is 14.0. The summed E-state index contributed by atoms with van der Waals surface area (Å²) in [5, 5.41) is 9.45. The molecule has 0 radical (unpaired) electrons. The Morgan fingerprint density at radius 3 is 2.54 bits per heavy atom. The number of halogens is 1. The van der Waals surface area contributed by atoms with Crippen molar-refractivity contribution in [3.05, 3.63) is 54.7 Å². The summed E-state index contributed by atoms with van der Waals surface area (Å²) in [5.74, 6) is 1.66. The fourth-order valence-electron chi connectivity index (χ4n) is 2.96. The van der Waals surface area contributed by atoms with Gasteiger partial charge in [-0.05, 0) is 36.4 Å². The minimum atomic E-state index is 0. The van der Waals surface area contributed by atoms with Gasteiger partial charge in [0.15, 0.2) is 0 Å². The lowest BCUT2D eigenvalue weighted by Crippen LogP contribution is -2.04. The summed E-state index contributed by atoms with van der Waals surface area (Å²) in [4.78, 5) is 4.70. The second kappa shape index (κ2) is 6.55. The Morgan fingerprint density at radius 2 is 1.83 bits per heavy atom. The Balaban J connectivity index is 0.00000169. The third-order valence-electron chi connectivity index (χ3n) is 4.07. The second-order valence-corrected chi connectivity index (χ2v) is 5.39. The highest BCUT2D eigenvalue weighted by Gasteiger charge is 2.15. The van der Waals surface area contributed by atoms with Crippen LogP contribution in [0.1, 0.15) is 0 Å². The monoisotopic (exact) mass is 343 g/mol. The van der Waals surface area contributed by atoms with Gasteiger partial charge in [-0.25, -0.2) is 4.98 Å². The molecule has 2 aromatic carbocycles. The van der Waals surface area contributed by atoms with Gasteiger partial charge in [-0.3, -0.25) is 4.40 Å². The van der Waals surface area contributed by atoms with Gasteiger partial charge in [0.1, 0.15) is 5.75 Å². The number of aromatic nitrogens is 3. The van der Waals surface area contributed by atoms with Crippen LogP contribution >= 0.6 is 12.4 Å². The first-order valence-electron chi connectivity index (χ1n) is 7.53. The summed E-state index contributed by atoms with van der Waals surface area (Å²) in [5.41, 5.74) is 4.10. The van der Waals surface area contributed by atoms with E-state index in [0.717, 1.165) is 33.8 Å². The van der Waals surface area contributed by atoms with Crippen LogP contribution in [0.25, 0.3) is 28.1 Å². The highest BCUT2D eigenvalue weighted by Crippen LogP contribution is 2.27. The summed E-state index contributed by atoms with van der Waals surface area (Å²) in [6.07, 6.45) is 2.07. The number of ether oxygens (including phenoxy) is 1. The van der Waals surface area contributed by atoms with Crippen molar-refractivity contribution in [3.8, 4) is 17.0 Å². The Hall–Kier alpha value is -2.50. The van der Waals surface area contributed by atoms with Crippen molar-refractivity contribution in [2.45, 2.75) is 6.54 Å². The Kier molecular flexibility index (Phi) is 4.46. The van der Waals surface area contributed by atoms with Crippen molar-refractivity contribution in [1.29, 1.82) is 0 Å². The first kappa shape index (κ1) is 16.4. The van der Waals surface area contributed by atoms with E-state index in [1.165, 1.54) is 0 Å². The largest absolute Gasteiger partial charge is 0.497 e.